The van der Waals surface area contributed by atoms with Gasteiger partial charge in [0.1, 0.15) is 11.5 Å². The Balaban J connectivity index is 2.05. The molecular weight excluding hydrogens is 449 g/mol. The lowest BCUT2D eigenvalue weighted by molar-refractivity contribution is 0.392. The van der Waals surface area contributed by atoms with Crippen LogP contribution < -0.4 is 20.2 Å². The fourth-order valence-corrected chi connectivity index (χ4v) is 3.03. The van der Waals surface area contributed by atoms with Crippen molar-refractivity contribution in [1.29, 1.82) is 0 Å². The number of hydrogen-bond acceptors (Lipinski definition) is 4. The summed E-state index contributed by atoms with van der Waals surface area (Å²) in [5.41, 5.74) is 4.09. The maximum atomic E-state index is 6.08. The molecule has 0 atom stereocenters. The highest BCUT2D eigenvalue weighted by Gasteiger charge is 2.08. The zero-order valence-corrected chi connectivity index (χ0v) is 17.2. The van der Waals surface area contributed by atoms with E-state index in [-0.39, 0.29) is 5.11 Å². The molecule has 132 valence electrons. The van der Waals surface area contributed by atoms with Crippen LogP contribution >= 0.6 is 51.3 Å². The molecule has 0 unspecified atom stereocenters. The molecule has 25 heavy (non-hydrogen) atoms. The fourth-order valence-electron chi connectivity index (χ4n) is 1.89. The van der Waals surface area contributed by atoms with Gasteiger partial charge in [0.05, 0.1) is 35.6 Å². The van der Waals surface area contributed by atoms with Crippen LogP contribution in [0.2, 0.25) is 10.0 Å². The number of hydrazone groups is 1. The highest BCUT2D eigenvalue weighted by atomic mass is 79.9. The fraction of sp³-hybridized carbons (Fsp3) is 0.125. The number of nitrogens with one attached hydrogen (secondary N) is 2. The Bertz CT molecular complexity index is 818. The molecule has 5 nitrogen and oxygen atoms in total. The zero-order valence-electron chi connectivity index (χ0n) is 13.3. The number of thiocarbonyl (C=S) groups is 1. The Hall–Kier alpha value is -1.54. The minimum absolute atomic E-state index is 0.284. The molecule has 0 fully saturated rings. The molecule has 0 aliphatic heterocycles. The molecule has 0 aliphatic rings. The van der Waals surface area contributed by atoms with E-state index in [0.717, 1.165) is 10.0 Å². The van der Waals surface area contributed by atoms with Gasteiger partial charge in [0, 0.05) is 16.7 Å². The minimum atomic E-state index is 0.284. The molecule has 2 aromatic carbocycles. The first kappa shape index (κ1) is 19.8. The van der Waals surface area contributed by atoms with Crippen molar-refractivity contribution < 1.29 is 9.47 Å². The van der Waals surface area contributed by atoms with Gasteiger partial charge in [-0.15, -0.1) is 0 Å². The lowest BCUT2D eigenvalue weighted by atomic mass is 10.2. The van der Waals surface area contributed by atoms with Crippen molar-refractivity contribution in [3.63, 3.8) is 0 Å². The Morgan fingerprint density at radius 1 is 1.16 bits per heavy atom. The van der Waals surface area contributed by atoms with E-state index in [1.165, 1.54) is 0 Å². The number of anilines is 1. The summed E-state index contributed by atoms with van der Waals surface area (Å²) in [7, 11) is 3.16. The molecule has 2 N–H and O–H groups in total. The third kappa shape index (κ3) is 5.47. The molecule has 0 bridgehead atoms. The quantitative estimate of drug-likeness (QED) is 0.368. The average Bonchev–Trinajstić information content (AvgIpc) is 2.57. The van der Waals surface area contributed by atoms with Crippen LogP contribution in [0.4, 0.5) is 5.69 Å². The van der Waals surface area contributed by atoms with E-state index in [1.54, 1.807) is 44.7 Å². The van der Waals surface area contributed by atoms with E-state index in [1.807, 2.05) is 6.07 Å². The molecule has 2 aromatic rings. The number of ether oxygens (including phenoxy) is 2. The van der Waals surface area contributed by atoms with Gasteiger partial charge in [-0.1, -0.05) is 23.2 Å². The Morgan fingerprint density at radius 2 is 1.88 bits per heavy atom. The second-order valence-electron chi connectivity index (χ2n) is 4.68. The summed E-state index contributed by atoms with van der Waals surface area (Å²) in [6.45, 7) is 0. The molecule has 0 saturated carbocycles. The van der Waals surface area contributed by atoms with Gasteiger partial charge >= 0.3 is 0 Å². The van der Waals surface area contributed by atoms with Gasteiger partial charge in [0.15, 0.2) is 5.11 Å². The first-order valence-corrected chi connectivity index (χ1v) is 8.87. The molecule has 0 spiro atoms. The van der Waals surface area contributed by atoms with Gasteiger partial charge < -0.3 is 14.8 Å². The van der Waals surface area contributed by atoms with Gasteiger partial charge in [-0.2, -0.15) is 5.10 Å². The molecule has 0 aromatic heterocycles. The lowest BCUT2D eigenvalue weighted by Crippen LogP contribution is -2.24. The molecule has 0 aliphatic carbocycles. The largest absolute Gasteiger partial charge is 0.496 e. The summed E-state index contributed by atoms with van der Waals surface area (Å²) in [5.74, 6) is 1.28. The summed E-state index contributed by atoms with van der Waals surface area (Å²) in [6.07, 6.45) is 1.58. The summed E-state index contributed by atoms with van der Waals surface area (Å²) in [4.78, 5) is 0. The normalized spacial score (nSPS) is 10.6. The topological polar surface area (TPSA) is 54.9 Å². The molecule has 9 heteroatoms. The monoisotopic (exact) mass is 461 g/mol. The van der Waals surface area contributed by atoms with Crippen molar-refractivity contribution in [1.82, 2.24) is 5.43 Å². The third-order valence-electron chi connectivity index (χ3n) is 3.05. The van der Waals surface area contributed by atoms with Crippen molar-refractivity contribution in [2.45, 2.75) is 0 Å². The van der Waals surface area contributed by atoms with Gasteiger partial charge in [-0.3, -0.25) is 5.43 Å². The maximum Gasteiger partial charge on any atom is 0.191 e. The highest BCUT2D eigenvalue weighted by molar-refractivity contribution is 9.10. The van der Waals surface area contributed by atoms with E-state index in [2.05, 4.69) is 31.8 Å². The standard InChI is InChI=1S/C16H14BrCl2N3O2S/c1-23-14-7-15(24-2)11(17)5-9(14)8-20-22-16(25)21-13-4-3-10(18)6-12(13)19/h3-8H,1-2H3,(H2,21,22,25)/b20-8-. The Morgan fingerprint density at radius 3 is 2.52 bits per heavy atom. The number of methoxy groups -OCH3 is 2. The van der Waals surface area contributed by atoms with E-state index in [4.69, 9.17) is 44.9 Å². The van der Waals surface area contributed by atoms with Gasteiger partial charge in [0.25, 0.3) is 0 Å². The second-order valence-corrected chi connectivity index (χ2v) is 6.78. The molecule has 2 rings (SSSR count). The molecule has 0 radical (unpaired) electrons. The van der Waals surface area contributed by atoms with E-state index < -0.39 is 0 Å². The summed E-state index contributed by atoms with van der Waals surface area (Å²) in [6, 6.07) is 8.65. The van der Waals surface area contributed by atoms with Crippen LogP contribution in [-0.2, 0) is 0 Å². The van der Waals surface area contributed by atoms with Crippen LogP contribution in [0, 0.1) is 0 Å². The van der Waals surface area contributed by atoms with Crippen LogP contribution in [0.1, 0.15) is 5.56 Å². The van der Waals surface area contributed by atoms with Crippen LogP contribution in [0.3, 0.4) is 0 Å². The smallest absolute Gasteiger partial charge is 0.191 e. The van der Waals surface area contributed by atoms with E-state index in [0.29, 0.717) is 27.2 Å². The minimum Gasteiger partial charge on any atom is -0.496 e. The van der Waals surface area contributed by atoms with E-state index >= 15 is 0 Å². The van der Waals surface area contributed by atoms with Crippen LogP contribution in [0.15, 0.2) is 39.9 Å². The number of benzene rings is 2. The third-order valence-corrected chi connectivity index (χ3v) is 4.41. The van der Waals surface area contributed by atoms with Crippen molar-refractivity contribution in [3.8, 4) is 11.5 Å². The second kappa shape index (κ2) is 9.24. The van der Waals surface area contributed by atoms with E-state index in [9.17, 15) is 0 Å². The molecular formula is C16H14BrCl2N3O2S. The summed E-state index contributed by atoms with van der Waals surface area (Å²) in [5, 5.41) is 8.33. The van der Waals surface area contributed by atoms with Gasteiger partial charge in [-0.05, 0) is 52.4 Å². The number of hydrogen-bond donors (Lipinski definition) is 2. The number of rotatable bonds is 5. The van der Waals surface area contributed by atoms with Crippen LogP contribution in [0.25, 0.3) is 0 Å². The van der Waals surface area contributed by atoms with Gasteiger partial charge in [-0.25, -0.2) is 0 Å². The number of nitrogens with zero attached hydrogens (tertiary/aromatic N) is 1. The Labute approximate surface area is 169 Å². The summed E-state index contributed by atoms with van der Waals surface area (Å²) >= 11 is 20.5. The van der Waals surface area contributed by atoms with Crippen molar-refractivity contribution >= 4 is 68.4 Å². The lowest BCUT2D eigenvalue weighted by Gasteiger charge is -2.10. The zero-order chi connectivity index (χ0) is 18.4. The van der Waals surface area contributed by atoms with Crippen molar-refractivity contribution in [3.05, 3.63) is 50.4 Å². The van der Waals surface area contributed by atoms with Crippen LogP contribution in [0.5, 0.6) is 11.5 Å². The predicted molar refractivity (Wildman–Crippen MR) is 111 cm³/mol. The van der Waals surface area contributed by atoms with Crippen molar-refractivity contribution in [2.75, 3.05) is 19.5 Å². The highest BCUT2D eigenvalue weighted by Crippen LogP contribution is 2.32. The maximum absolute atomic E-state index is 6.08. The molecule has 0 heterocycles. The Kier molecular flexibility index (Phi) is 7.31. The van der Waals surface area contributed by atoms with Crippen LogP contribution in [-0.4, -0.2) is 25.5 Å². The molecule has 0 saturated heterocycles. The predicted octanol–water partition coefficient (Wildman–Crippen LogP) is 5.09. The first-order chi connectivity index (χ1) is 11.9. The average molecular weight is 463 g/mol. The van der Waals surface area contributed by atoms with Gasteiger partial charge in [0.2, 0.25) is 0 Å². The first-order valence-electron chi connectivity index (χ1n) is 6.91. The van der Waals surface area contributed by atoms with Crippen molar-refractivity contribution in [2.24, 2.45) is 5.10 Å². The number of halogens is 3. The SMILES string of the molecule is COc1cc(OC)c(/C=N\NC(=S)Nc2ccc(Cl)cc2Cl)cc1Br. The molecule has 0 amide bonds. The summed E-state index contributed by atoms with van der Waals surface area (Å²) < 4.78 is 11.3.